The fourth-order valence-electron chi connectivity index (χ4n) is 5.90. The van der Waals surface area contributed by atoms with Crippen molar-refractivity contribution in [3.63, 3.8) is 0 Å². The van der Waals surface area contributed by atoms with Gasteiger partial charge in [0.2, 0.25) is 11.8 Å². The maximum absolute atomic E-state index is 14.8. The number of oxazole rings is 1. The highest BCUT2D eigenvalue weighted by Crippen LogP contribution is 2.27. The number of nitrogens with two attached hydrogens (primary N) is 1. The van der Waals surface area contributed by atoms with Gasteiger partial charge in [0.1, 0.15) is 24.6 Å². The van der Waals surface area contributed by atoms with Crippen LogP contribution >= 0.6 is 0 Å². The number of esters is 1. The van der Waals surface area contributed by atoms with E-state index in [4.69, 9.17) is 14.9 Å². The highest BCUT2D eigenvalue weighted by Gasteiger charge is 2.39. The average molecular weight is 699 g/mol. The molecule has 3 amide bonds. The van der Waals surface area contributed by atoms with Gasteiger partial charge in [0, 0.05) is 51.1 Å². The van der Waals surface area contributed by atoms with E-state index in [1.165, 1.54) is 17.1 Å². The molecule has 5 N–H and O–H groups in total. The van der Waals surface area contributed by atoms with Crippen LogP contribution in [0.5, 0.6) is 0 Å². The molecular formula is C34H47FN8O7. The fraction of sp³-hybridized carbons (Fsp3) is 0.559. The van der Waals surface area contributed by atoms with E-state index in [1.54, 1.807) is 36.0 Å². The first-order chi connectivity index (χ1) is 23.9. The second-order valence-corrected chi connectivity index (χ2v) is 12.8. The molecule has 2 aromatic heterocycles. The van der Waals surface area contributed by atoms with Crippen molar-refractivity contribution in [2.75, 3.05) is 19.6 Å². The van der Waals surface area contributed by atoms with Gasteiger partial charge in [-0.1, -0.05) is 48.9 Å². The summed E-state index contributed by atoms with van der Waals surface area (Å²) in [5, 5.41) is 23.8. The lowest BCUT2D eigenvalue weighted by atomic mass is 9.89. The van der Waals surface area contributed by atoms with Gasteiger partial charge in [0.25, 0.3) is 5.91 Å². The summed E-state index contributed by atoms with van der Waals surface area (Å²) in [6.45, 7) is 6.71. The fourth-order valence-corrected chi connectivity index (χ4v) is 5.90. The van der Waals surface area contributed by atoms with E-state index in [1.807, 2.05) is 13.8 Å². The quantitative estimate of drug-likeness (QED) is 0.305. The number of rotatable bonds is 7. The number of carbonyl (C=O) groups is 4. The van der Waals surface area contributed by atoms with Crippen molar-refractivity contribution >= 4 is 23.7 Å². The number of amides is 3. The Morgan fingerprint density at radius 3 is 2.80 bits per heavy atom. The summed E-state index contributed by atoms with van der Waals surface area (Å²) in [7, 11) is 0. The molecule has 4 heterocycles. The van der Waals surface area contributed by atoms with Crippen LogP contribution in [0.1, 0.15) is 68.5 Å². The molecule has 272 valence electrons. The monoisotopic (exact) mass is 698 g/mol. The van der Waals surface area contributed by atoms with Crippen molar-refractivity contribution < 1.29 is 37.8 Å². The van der Waals surface area contributed by atoms with Crippen LogP contribution in [0.2, 0.25) is 0 Å². The van der Waals surface area contributed by atoms with Gasteiger partial charge in [0.15, 0.2) is 11.6 Å². The number of aliphatic hydroxyl groups excluding tert-OH is 1. The van der Waals surface area contributed by atoms with Crippen LogP contribution in [0, 0.1) is 11.8 Å². The molecule has 0 saturated carbocycles. The third-order valence-electron chi connectivity index (χ3n) is 8.39. The summed E-state index contributed by atoms with van der Waals surface area (Å²) in [5.41, 5.74) is 6.80. The van der Waals surface area contributed by atoms with Gasteiger partial charge >= 0.3 is 5.97 Å². The summed E-state index contributed by atoms with van der Waals surface area (Å²) in [6.07, 6.45) is 7.47. The molecule has 0 aliphatic carbocycles. The standard InChI is InChI=1S/C34H47FN8O7/c1-21(2)32-23(15-30(46)38-11-13-42-19-25(18-36)40-41-42)8-9-29(45)37-10-4-6-22(3)14-26(44)16-24(35)17-31-39-27(20-49-31)33(47)43-12-5-7-28(43)34(48)50-32/h4,6,8-9,14,19-21,23-24,26,28,32,44H,5,7,10-13,15-18,36H2,1-3H3,(H,37,45)(H,38,46)/b6-4+,9-8+,22-14+/t23-,24+,26+,28+,32+/m0/s1. The third-order valence-corrected chi connectivity index (χ3v) is 8.39. The molecule has 0 unspecified atom stereocenters. The molecule has 16 heteroatoms. The molecule has 5 atom stereocenters. The van der Waals surface area contributed by atoms with Crippen molar-refractivity contribution in [1.29, 1.82) is 0 Å². The van der Waals surface area contributed by atoms with E-state index in [0.717, 1.165) is 6.26 Å². The molecule has 1 fully saturated rings. The van der Waals surface area contributed by atoms with Gasteiger partial charge in [-0.05, 0) is 31.8 Å². The Kier molecular flexibility index (Phi) is 14.0. The van der Waals surface area contributed by atoms with Gasteiger partial charge in [-0.25, -0.2) is 14.2 Å². The molecule has 2 aromatic rings. The smallest absolute Gasteiger partial charge is 0.329 e. The zero-order chi connectivity index (χ0) is 36.2. The Bertz CT molecular complexity index is 1570. The van der Waals surface area contributed by atoms with Crippen LogP contribution in [-0.2, 0) is 38.6 Å². The second kappa shape index (κ2) is 18.3. The van der Waals surface area contributed by atoms with Crippen molar-refractivity contribution in [3.8, 4) is 0 Å². The number of alkyl halides is 1. The summed E-state index contributed by atoms with van der Waals surface area (Å²) in [6, 6.07) is -0.917. The zero-order valence-electron chi connectivity index (χ0n) is 28.7. The minimum absolute atomic E-state index is 0.00419. The molecule has 15 nitrogen and oxygen atoms in total. The second-order valence-electron chi connectivity index (χ2n) is 12.8. The predicted molar refractivity (Wildman–Crippen MR) is 179 cm³/mol. The molecule has 0 radical (unpaired) electrons. The minimum atomic E-state index is -1.50. The van der Waals surface area contributed by atoms with Crippen LogP contribution in [0.15, 0.2) is 52.8 Å². The first-order valence-corrected chi connectivity index (χ1v) is 16.9. The highest BCUT2D eigenvalue weighted by molar-refractivity contribution is 5.95. The summed E-state index contributed by atoms with van der Waals surface area (Å²) in [4.78, 5) is 58.6. The van der Waals surface area contributed by atoms with Crippen molar-refractivity contribution in [3.05, 3.63) is 65.7 Å². The largest absolute Gasteiger partial charge is 0.460 e. The first kappa shape index (κ1) is 38.1. The van der Waals surface area contributed by atoms with Crippen molar-refractivity contribution in [2.45, 2.75) is 90.4 Å². The highest BCUT2D eigenvalue weighted by atomic mass is 19.1. The predicted octanol–water partition coefficient (Wildman–Crippen LogP) is 1.54. The van der Waals surface area contributed by atoms with Gasteiger partial charge in [-0.2, -0.15) is 0 Å². The normalized spacial score (nSPS) is 26.8. The summed E-state index contributed by atoms with van der Waals surface area (Å²) in [5.74, 6) is -2.94. The number of cyclic esters (lactones) is 1. The van der Waals surface area contributed by atoms with Gasteiger partial charge < -0.3 is 35.5 Å². The summed E-state index contributed by atoms with van der Waals surface area (Å²) < 4.78 is 27.8. The van der Waals surface area contributed by atoms with E-state index in [2.05, 4.69) is 25.9 Å². The number of nitrogens with one attached hydrogen (secondary N) is 2. The molecule has 1 saturated heterocycles. The van der Waals surface area contributed by atoms with Crippen LogP contribution in [0.25, 0.3) is 0 Å². The van der Waals surface area contributed by atoms with Crippen LogP contribution in [0.4, 0.5) is 4.39 Å². The molecule has 0 spiro atoms. The SMILES string of the molecule is CC1=C\[C@@H](O)C[C@@H](F)Cc2nc(co2)C(=O)N2CCC[C@@H]2C(=O)O[C@H](C(C)C)[C@H](CC(=O)NCCn2cc(CN)nn2)/C=C/C(=O)NC\C=C\1. The third kappa shape index (κ3) is 11.2. The number of nitrogens with zero attached hydrogens (tertiary/aromatic N) is 5. The Labute approximate surface area is 290 Å². The number of halogens is 1. The van der Waals surface area contributed by atoms with Crippen LogP contribution in [-0.4, -0.2) is 97.7 Å². The molecular weight excluding hydrogens is 651 g/mol. The van der Waals surface area contributed by atoms with Crippen LogP contribution in [0.3, 0.4) is 0 Å². The van der Waals surface area contributed by atoms with Crippen molar-refractivity contribution in [2.24, 2.45) is 17.6 Å². The number of fused-ring (bicyclic) bond motifs is 3. The van der Waals surface area contributed by atoms with E-state index >= 15 is 0 Å². The number of allylic oxidation sites excluding steroid dienone is 2. The lowest BCUT2D eigenvalue weighted by Gasteiger charge is -2.30. The topological polar surface area (TPSA) is 208 Å². The molecule has 50 heavy (non-hydrogen) atoms. The average Bonchev–Trinajstić information content (AvgIpc) is 3.84. The number of aromatic nitrogens is 4. The summed E-state index contributed by atoms with van der Waals surface area (Å²) >= 11 is 0. The van der Waals surface area contributed by atoms with Gasteiger partial charge in [-0.15, -0.1) is 5.10 Å². The Morgan fingerprint density at radius 2 is 2.06 bits per heavy atom. The van der Waals surface area contributed by atoms with E-state index < -0.39 is 48.1 Å². The van der Waals surface area contributed by atoms with E-state index in [-0.39, 0.29) is 68.9 Å². The number of aliphatic hydroxyl groups is 1. The van der Waals surface area contributed by atoms with E-state index in [9.17, 15) is 28.7 Å². The molecule has 0 aromatic carbocycles. The lowest BCUT2D eigenvalue weighted by Crippen LogP contribution is -2.44. The van der Waals surface area contributed by atoms with Crippen LogP contribution < -0.4 is 16.4 Å². The number of hydrogen-bond acceptors (Lipinski definition) is 11. The molecule has 2 aliphatic heterocycles. The van der Waals surface area contributed by atoms with Gasteiger partial charge in [-0.3, -0.25) is 19.1 Å². The van der Waals surface area contributed by atoms with E-state index in [0.29, 0.717) is 30.7 Å². The lowest BCUT2D eigenvalue weighted by molar-refractivity contribution is -0.159. The molecule has 2 aliphatic rings. The number of carbonyl (C=O) groups excluding carboxylic acids is 4. The van der Waals surface area contributed by atoms with Crippen molar-refractivity contribution in [1.82, 2.24) is 35.5 Å². The Morgan fingerprint density at radius 1 is 1.26 bits per heavy atom. The number of ether oxygens (including phenoxy) is 1. The first-order valence-electron chi connectivity index (χ1n) is 16.9. The maximum Gasteiger partial charge on any atom is 0.329 e. The maximum atomic E-state index is 14.8. The minimum Gasteiger partial charge on any atom is -0.460 e. The van der Waals surface area contributed by atoms with Gasteiger partial charge in [0.05, 0.1) is 24.8 Å². The Hall–Kier alpha value is -4.70. The molecule has 2 bridgehead atoms. The Balaban J connectivity index is 1.55. The zero-order valence-corrected chi connectivity index (χ0v) is 28.7. The molecule has 4 rings (SSSR count). The number of hydrogen-bond donors (Lipinski definition) is 4.